The van der Waals surface area contributed by atoms with Gasteiger partial charge in [-0.05, 0) is 50.0 Å². The molecule has 1 amide bonds. The molecule has 0 spiro atoms. The van der Waals surface area contributed by atoms with Gasteiger partial charge < -0.3 is 29.9 Å². The van der Waals surface area contributed by atoms with Crippen LogP contribution < -0.4 is 25.0 Å². The van der Waals surface area contributed by atoms with Gasteiger partial charge in [-0.2, -0.15) is 0 Å². The molecule has 0 radical (unpaired) electrons. The highest BCUT2D eigenvalue weighted by Crippen LogP contribution is 2.38. The van der Waals surface area contributed by atoms with Gasteiger partial charge in [-0.25, -0.2) is 9.97 Å². The lowest BCUT2D eigenvalue weighted by molar-refractivity contribution is -0.111. The number of anilines is 4. The van der Waals surface area contributed by atoms with Gasteiger partial charge in [-0.3, -0.25) is 4.79 Å². The molecule has 0 bridgehead atoms. The van der Waals surface area contributed by atoms with Crippen molar-refractivity contribution in [3.63, 3.8) is 0 Å². The maximum absolute atomic E-state index is 12.3. The monoisotopic (exact) mass is 552 g/mol. The Morgan fingerprint density at radius 2 is 1.71 bits per heavy atom. The summed E-state index contributed by atoms with van der Waals surface area (Å²) in [4.78, 5) is 25.6. The van der Waals surface area contributed by atoms with Crippen LogP contribution in [0, 0.1) is 0 Å². The highest BCUT2D eigenvalue weighted by Gasteiger charge is 2.17. The number of benzene rings is 3. The maximum atomic E-state index is 12.3. The zero-order valence-corrected chi connectivity index (χ0v) is 23.9. The van der Waals surface area contributed by atoms with Crippen molar-refractivity contribution >= 4 is 28.9 Å². The first kappa shape index (κ1) is 29.1. The van der Waals surface area contributed by atoms with Crippen LogP contribution in [0.15, 0.2) is 91.6 Å². The quantitative estimate of drug-likeness (QED) is 0.207. The van der Waals surface area contributed by atoms with Gasteiger partial charge >= 0.3 is 0 Å². The number of carbonyl (C=O) groups is 1. The summed E-state index contributed by atoms with van der Waals surface area (Å²) in [6.45, 7) is 5.62. The minimum absolute atomic E-state index is 0.311. The minimum Gasteiger partial charge on any atom is -0.494 e. The summed E-state index contributed by atoms with van der Waals surface area (Å²) >= 11 is 0. The molecule has 0 atom stereocenters. The topological polar surface area (TPSA) is 91.8 Å². The number of likely N-dealkylation sites (N-methyl/N-ethyl adjacent to an activating group) is 2. The first-order valence-electron chi connectivity index (χ1n) is 13.3. The molecular formula is C32H36N6O3. The number of para-hydroxylation sites is 1. The van der Waals surface area contributed by atoms with E-state index >= 15 is 0 Å². The fraction of sp³-hybridized carbons (Fsp3) is 0.219. The normalized spacial score (nSPS) is 10.7. The molecule has 0 saturated heterocycles. The molecule has 0 saturated carbocycles. The SMILES string of the molecule is C=CC(=O)Nc1cc(Nc2nccc(-c3ccccc3OCc3ccccc3)n2)c(OC)cc1N(C)CCN(C)C. The molecule has 212 valence electrons. The number of amides is 1. The third-order valence-corrected chi connectivity index (χ3v) is 6.36. The lowest BCUT2D eigenvalue weighted by Gasteiger charge is -2.26. The summed E-state index contributed by atoms with van der Waals surface area (Å²) < 4.78 is 11.9. The van der Waals surface area contributed by atoms with Crippen molar-refractivity contribution in [3.05, 3.63) is 97.2 Å². The number of carbonyl (C=O) groups excluding carboxylic acids is 1. The van der Waals surface area contributed by atoms with Gasteiger partial charge in [0.1, 0.15) is 18.1 Å². The number of ether oxygens (including phenoxy) is 2. The van der Waals surface area contributed by atoms with E-state index in [1.165, 1.54) is 6.08 Å². The van der Waals surface area contributed by atoms with Crippen LogP contribution in [0.25, 0.3) is 11.3 Å². The van der Waals surface area contributed by atoms with Crippen LogP contribution in [0.1, 0.15) is 5.56 Å². The Kier molecular flexibility index (Phi) is 9.90. The van der Waals surface area contributed by atoms with Crippen LogP contribution in [0.5, 0.6) is 11.5 Å². The number of rotatable bonds is 13. The van der Waals surface area contributed by atoms with Crippen molar-refractivity contribution in [2.45, 2.75) is 6.61 Å². The maximum Gasteiger partial charge on any atom is 0.247 e. The second-order valence-corrected chi connectivity index (χ2v) is 9.65. The van der Waals surface area contributed by atoms with Crippen LogP contribution >= 0.6 is 0 Å². The smallest absolute Gasteiger partial charge is 0.247 e. The van der Waals surface area contributed by atoms with E-state index in [2.05, 4.69) is 32.0 Å². The van der Waals surface area contributed by atoms with Crippen LogP contribution in [0.3, 0.4) is 0 Å². The standard InChI is InChI=1S/C32H36N6O3/c1-6-31(39)34-26-20-27(30(40-5)21-28(26)38(4)19-18-37(2)3)36-32-33-17-16-25(35-32)24-14-10-11-15-29(24)41-22-23-12-8-7-9-13-23/h6-17,20-21H,1,18-19,22H2,2-5H3,(H,34,39)(H,33,35,36). The van der Waals surface area contributed by atoms with E-state index in [0.717, 1.165) is 35.7 Å². The molecule has 0 aliphatic rings. The molecular weight excluding hydrogens is 516 g/mol. The Morgan fingerprint density at radius 1 is 0.951 bits per heavy atom. The molecule has 0 unspecified atom stereocenters. The van der Waals surface area contributed by atoms with Gasteiger partial charge in [0.25, 0.3) is 0 Å². The minimum atomic E-state index is -0.311. The van der Waals surface area contributed by atoms with Gasteiger partial charge in [0.05, 0.1) is 29.9 Å². The number of hydrogen-bond acceptors (Lipinski definition) is 8. The molecule has 2 N–H and O–H groups in total. The van der Waals surface area contributed by atoms with Crippen LogP contribution in [0.4, 0.5) is 23.0 Å². The Labute approximate surface area is 241 Å². The zero-order valence-electron chi connectivity index (χ0n) is 23.9. The summed E-state index contributed by atoms with van der Waals surface area (Å²) in [6.07, 6.45) is 2.93. The van der Waals surface area contributed by atoms with Gasteiger partial charge in [0.15, 0.2) is 0 Å². The number of hydrogen-bond donors (Lipinski definition) is 2. The molecule has 1 aromatic heterocycles. The average Bonchev–Trinajstić information content (AvgIpc) is 2.99. The predicted octanol–water partition coefficient (Wildman–Crippen LogP) is 5.60. The number of nitrogens with zero attached hydrogens (tertiary/aromatic N) is 4. The van der Waals surface area contributed by atoms with Crippen molar-refractivity contribution in [1.29, 1.82) is 0 Å². The Bertz CT molecular complexity index is 1480. The molecule has 0 fully saturated rings. The predicted molar refractivity (Wildman–Crippen MR) is 165 cm³/mol. The molecule has 3 aromatic carbocycles. The molecule has 0 aliphatic heterocycles. The number of aromatic nitrogens is 2. The molecule has 0 aliphatic carbocycles. The largest absolute Gasteiger partial charge is 0.494 e. The van der Waals surface area contributed by atoms with E-state index in [4.69, 9.17) is 14.5 Å². The molecule has 41 heavy (non-hydrogen) atoms. The van der Waals surface area contributed by atoms with Gasteiger partial charge in [0, 0.05) is 38.0 Å². The van der Waals surface area contributed by atoms with E-state index in [-0.39, 0.29) is 5.91 Å². The molecule has 4 aromatic rings. The third kappa shape index (κ3) is 7.83. The third-order valence-electron chi connectivity index (χ3n) is 6.36. The molecule has 1 heterocycles. The second kappa shape index (κ2) is 14.0. The van der Waals surface area contributed by atoms with E-state index in [1.807, 2.05) is 93.9 Å². The van der Waals surface area contributed by atoms with Crippen molar-refractivity contribution in [2.24, 2.45) is 0 Å². The second-order valence-electron chi connectivity index (χ2n) is 9.65. The van der Waals surface area contributed by atoms with Crippen molar-refractivity contribution < 1.29 is 14.3 Å². The van der Waals surface area contributed by atoms with Crippen LogP contribution in [0.2, 0.25) is 0 Å². The van der Waals surface area contributed by atoms with Crippen LogP contribution in [-0.2, 0) is 11.4 Å². The summed E-state index contributed by atoms with van der Waals surface area (Å²) in [5.41, 5.74) is 4.64. The van der Waals surface area contributed by atoms with Crippen molar-refractivity contribution in [2.75, 3.05) is 56.9 Å². The Balaban J connectivity index is 1.63. The lowest BCUT2D eigenvalue weighted by atomic mass is 10.1. The Hall–Kier alpha value is -4.89. The average molecular weight is 553 g/mol. The highest BCUT2D eigenvalue weighted by atomic mass is 16.5. The summed E-state index contributed by atoms with van der Waals surface area (Å²) in [5.74, 6) is 1.36. The Morgan fingerprint density at radius 3 is 2.44 bits per heavy atom. The van der Waals surface area contributed by atoms with Gasteiger partial charge in [0.2, 0.25) is 11.9 Å². The van der Waals surface area contributed by atoms with E-state index < -0.39 is 0 Å². The van der Waals surface area contributed by atoms with Gasteiger partial charge in [-0.15, -0.1) is 0 Å². The van der Waals surface area contributed by atoms with E-state index in [1.54, 1.807) is 13.3 Å². The fourth-order valence-corrected chi connectivity index (χ4v) is 4.13. The van der Waals surface area contributed by atoms with Crippen molar-refractivity contribution in [3.8, 4) is 22.8 Å². The van der Waals surface area contributed by atoms with Gasteiger partial charge in [-0.1, -0.05) is 49.0 Å². The van der Waals surface area contributed by atoms with E-state index in [0.29, 0.717) is 35.4 Å². The summed E-state index contributed by atoms with van der Waals surface area (Å²) in [7, 11) is 7.61. The zero-order chi connectivity index (χ0) is 29.2. The highest BCUT2D eigenvalue weighted by molar-refractivity contribution is 6.02. The summed E-state index contributed by atoms with van der Waals surface area (Å²) in [6, 6.07) is 23.3. The van der Waals surface area contributed by atoms with Crippen LogP contribution in [-0.4, -0.2) is 62.1 Å². The first-order valence-corrected chi connectivity index (χ1v) is 13.3. The lowest BCUT2D eigenvalue weighted by Crippen LogP contribution is -2.29. The number of nitrogens with one attached hydrogen (secondary N) is 2. The van der Waals surface area contributed by atoms with E-state index in [9.17, 15) is 4.79 Å². The fourth-order valence-electron chi connectivity index (χ4n) is 4.13. The number of methoxy groups -OCH3 is 1. The summed E-state index contributed by atoms with van der Waals surface area (Å²) in [5, 5.41) is 6.18. The van der Waals surface area contributed by atoms with Crippen molar-refractivity contribution in [1.82, 2.24) is 14.9 Å². The molecule has 9 nitrogen and oxygen atoms in total. The first-order chi connectivity index (χ1) is 19.9. The molecule has 4 rings (SSSR count). The molecule has 9 heteroatoms.